The van der Waals surface area contributed by atoms with Crippen molar-refractivity contribution in [3.63, 3.8) is 0 Å². The molecule has 1 heterocycles. The lowest BCUT2D eigenvalue weighted by Crippen LogP contribution is -2.30. The molecule has 0 aliphatic rings. The molecule has 0 aliphatic heterocycles. The molecule has 0 fully saturated rings. The van der Waals surface area contributed by atoms with E-state index in [1.165, 1.54) is 6.07 Å². The summed E-state index contributed by atoms with van der Waals surface area (Å²) < 4.78 is 12.5. The standard InChI is InChI=1S/C10H11FN2O4/c11-6-1-2-7(13-5-6)9(15)12-4-3-8(14)10(16)17/h1-2,5,8,14H,3-4H2,(H,12,15)(H,16,17). The molecule has 6 nitrogen and oxygen atoms in total. The summed E-state index contributed by atoms with van der Waals surface area (Å²) in [4.78, 5) is 25.2. The molecule has 1 rings (SSSR count). The van der Waals surface area contributed by atoms with Gasteiger partial charge in [-0.1, -0.05) is 0 Å². The van der Waals surface area contributed by atoms with Crippen molar-refractivity contribution in [2.45, 2.75) is 12.5 Å². The average molecular weight is 242 g/mol. The van der Waals surface area contributed by atoms with Crippen molar-refractivity contribution in [2.75, 3.05) is 6.54 Å². The number of halogens is 1. The highest BCUT2D eigenvalue weighted by Gasteiger charge is 2.13. The van der Waals surface area contributed by atoms with Crippen molar-refractivity contribution in [2.24, 2.45) is 0 Å². The van der Waals surface area contributed by atoms with Crippen molar-refractivity contribution in [3.05, 3.63) is 29.8 Å². The van der Waals surface area contributed by atoms with E-state index in [9.17, 15) is 14.0 Å². The fourth-order valence-electron chi connectivity index (χ4n) is 1.05. The maximum Gasteiger partial charge on any atom is 0.332 e. The van der Waals surface area contributed by atoms with E-state index in [-0.39, 0.29) is 18.7 Å². The van der Waals surface area contributed by atoms with E-state index in [2.05, 4.69) is 10.3 Å². The molecule has 0 aliphatic carbocycles. The number of rotatable bonds is 5. The van der Waals surface area contributed by atoms with Crippen LogP contribution in [-0.4, -0.2) is 39.7 Å². The molecule has 0 radical (unpaired) electrons. The summed E-state index contributed by atoms with van der Waals surface area (Å²) in [5, 5.41) is 19.7. The predicted octanol–water partition coefficient (Wildman–Crippen LogP) is -0.214. The van der Waals surface area contributed by atoms with Crippen LogP contribution in [0.2, 0.25) is 0 Å². The molecule has 0 saturated heterocycles. The number of pyridine rings is 1. The second-order valence-corrected chi connectivity index (χ2v) is 3.26. The Balaban J connectivity index is 2.40. The number of carboxylic acid groups (broad SMARTS) is 1. The van der Waals surface area contributed by atoms with Crippen LogP contribution in [0.3, 0.4) is 0 Å². The predicted molar refractivity (Wildman–Crippen MR) is 54.8 cm³/mol. The van der Waals surface area contributed by atoms with E-state index in [1.807, 2.05) is 0 Å². The van der Waals surface area contributed by atoms with Crippen molar-refractivity contribution in [1.29, 1.82) is 0 Å². The number of amides is 1. The number of carboxylic acids is 1. The van der Waals surface area contributed by atoms with Gasteiger partial charge < -0.3 is 15.5 Å². The Morgan fingerprint density at radius 3 is 2.71 bits per heavy atom. The topological polar surface area (TPSA) is 99.5 Å². The molecule has 92 valence electrons. The summed E-state index contributed by atoms with van der Waals surface area (Å²) in [7, 11) is 0. The molecular formula is C10H11FN2O4. The zero-order valence-corrected chi connectivity index (χ0v) is 8.76. The molecule has 0 spiro atoms. The quantitative estimate of drug-likeness (QED) is 0.663. The van der Waals surface area contributed by atoms with E-state index < -0.39 is 23.8 Å². The highest BCUT2D eigenvalue weighted by atomic mass is 19.1. The summed E-state index contributed by atoms with van der Waals surface area (Å²) in [5.74, 6) is -2.45. The minimum Gasteiger partial charge on any atom is -0.479 e. The van der Waals surface area contributed by atoms with E-state index in [0.29, 0.717) is 0 Å². The van der Waals surface area contributed by atoms with Gasteiger partial charge in [-0.2, -0.15) is 0 Å². The first-order valence-corrected chi connectivity index (χ1v) is 4.81. The fraction of sp³-hybridized carbons (Fsp3) is 0.300. The van der Waals surface area contributed by atoms with Gasteiger partial charge >= 0.3 is 5.97 Å². The van der Waals surface area contributed by atoms with Gasteiger partial charge in [0, 0.05) is 13.0 Å². The molecule has 0 saturated carbocycles. The molecule has 1 atom stereocenters. The van der Waals surface area contributed by atoms with Gasteiger partial charge in [0.2, 0.25) is 0 Å². The average Bonchev–Trinajstić information content (AvgIpc) is 2.29. The first-order chi connectivity index (χ1) is 8.00. The largest absolute Gasteiger partial charge is 0.479 e. The van der Waals surface area contributed by atoms with E-state index >= 15 is 0 Å². The molecule has 0 aromatic carbocycles. The third-order valence-corrected chi connectivity index (χ3v) is 1.95. The number of hydrogen-bond acceptors (Lipinski definition) is 4. The van der Waals surface area contributed by atoms with Gasteiger partial charge in [0.1, 0.15) is 11.5 Å². The van der Waals surface area contributed by atoms with Crippen LogP contribution in [0.25, 0.3) is 0 Å². The Hall–Kier alpha value is -2.02. The Bertz CT molecular complexity index is 407. The Labute approximate surface area is 96.1 Å². The van der Waals surface area contributed by atoms with Gasteiger partial charge in [0.15, 0.2) is 6.10 Å². The highest BCUT2D eigenvalue weighted by molar-refractivity contribution is 5.92. The summed E-state index contributed by atoms with van der Waals surface area (Å²) in [6, 6.07) is 2.30. The number of carbonyl (C=O) groups excluding carboxylic acids is 1. The van der Waals surface area contributed by atoms with Crippen molar-refractivity contribution in [1.82, 2.24) is 10.3 Å². The number of nitrogens with one attached hydrogen (secondary N) is 1. The lowest BCUT2D eigenvalue weighted by Gasteiger charge is -2.06. The minimum absolute atomic E-state index is 0.00857. The van der Waals surface area contributed by atoms with Crippen LogP contribution in [0.4, 0.5) is 4.39 Å². The number of aliphatic carboxylic acids is 1. The summed E-state index contributed by atoms with van der Waals surface area (Å²) in [6.45, 7) is -0.00857. The van der Waals surface area contributed by atoms with Crippen LogP contribution in [0.15, 0.2) is 18.3 Å². The zero-order chi connectivity index (χ0) is 12.8. The molecule has 1 aromatic rings. The Morgan fingerprint density at radius 1 is 1.47 bits per heavy atom. The fourth-order valence-corrected chi connectivity index (χ4v) is 1.05. The number of aromatic nitrogens is 1. The maximum atomic E-state index is 12.5. The zero-order valence-electron chi connectivity index (χ0n) is 8.76. The summed E-state index contributed by atoms with van der Waals surface area (Å²) in [5.41, 5.74) is 0.0243. The van der Waals surface area contributed by atoms with Gasteiger partial charge in [-0.15, -0.1) is 0 Å². The molecule has 0 bridgehead atoms. The second-order valence-electron chi connectivity index (χ2n) is 3.26. The van der Waals surface area contributed by atoms with Crippen LogP contribution in [-0.2, 0) is 4.79 Å². The molecular weight excluding hydrogens is 231 g/mol. The van der Waals surface area contributed by atoms with Gasteiger partial charge in [-0.05, 0) is 12.1 Å². The van der Waals surface area contributed by atoms with Crippen LogP contribution in [0.5, 0.6) is 0 Å². The van der Waals surface area contributed by atoms with Crippen molar-refractivity contribution in [3.8, 4) is 0 Å². The highest BCUT2D eigenvalue weighted by Crippen LogP contribution is 1.98. The van der Waals surface area contributed by atoms with Crippen LogP contribution < -0.4 is 5.32 Å². The number of aliphatic hydroxyl groups is 1. The Kier molecular flexibility index (Phi) is 4.53. The van der Waals surface area contributed by atoms with Crippen LogP contribution >= 0.6 is 0 Å². The van der Waals surface area contributed by atoms with Crippen LogP contribution in [0, 0.1) is 5.82 Å². The molecule has 3 N–H and O–H groups in total. The van der Waals surface area contributed by atoms with Gasteiger partial charge in [0.25, 0.3) is 5.91 Å². The lowest BCUT2D eigenvalue weighted by molar-refractivity contribution is -0.146. The number of aliphatic hydroxyl groups excluding tert-OH is 1. The van der Waals surface area contributed by atoms with Crippen LogP contribution in [0.1, 0.15) is 16.9 Å². The van der Waals surface area contributed by atoms with Crippen molar-refractivity contribution < 1.29 is 24.2 Å². The smallest absolute Gasteiger partial charge is 0.332 e. The van der Waals surface area contributed by atoms with Gasteiger partial charge in [0.05, 0.1) is 6.20 Å². The van der Waals surface area contributed by atoms with E-state index in [0.717, 1.165) is 12.3 Å². The number of hydrogen-bond donors (Lipinski definition) is 3. The lowest BCUT2D eigenvalue weighted by atomic mass is 10.2. The van der Waals surface area contributed by atoms with Gasteiger partial charge in [-0.25, -0.2) is 14.2 Å². The first kappa shape index (κ1) is 13.0. The maximum absolute atomic E-state index is 12.5. The van der Waals surface area contributed by atoms with Crippen molar-refractivity contribution >= 4 is 11.9 Å². The van der Waals surface area contributed by atoms with Gasteiger partial charge in [-0.3, -0.25) is 4.79 Å². The summed E-state index contributed by atoms with van der Waals surface area (Å²) >= 11 is 0. The third-order valence-electron chi connectivity index (χ3n) is 1.95. The molecule has 1 unspecified atom stereocenters. The van der Waals surface area contributed by atoms with E-state index in [4.69, 9.17) is 10.2 Å². The number of nitrogens with zero attached hydrogens (tertiary/aromatic N) is 1. The van der Waals surface area contributed by atoms with E-state index in [1.54, 1.807) is 0 Å². The number of carbonyl (C=O) groups is 2. The minimum atomic E-state index is -1.52. The first-order valence-electron chi connectivity index (χ1n) is 4.81. The molecule has 1 aromatic heterocycles. The summed E-state index contributed by atoms with van der Waals surface area (Å²) in [6.07, 6.45) is -0.722. The second kappa shape index (κ2) is 5.90. The third kappa shape index (κ3) is 4.15. The normalized spacial score (nSPS) is 11.9. The molecule has 7 heteroatoms. The monoisotopic (exact) mass is 242 g/mol. The Morgan fingerprint density at radius 2 is 2.18 bits per heavy atom. The SMILES string of the molecule is O=C(NCCC(O)C(=O)O)c1ccc(F)cn1. The molecule has 1 amide bonds. The molecule has 17 heavy (non-hydrogen) atoms.